The van der Waals surface area contributed by atoms with Crippen LogP contribution < -0.4 is 5.32 Å². The first kappa shape index (κ1) is 18.1. The van der Waals surface area contributed by atoms with Gasteiger partial charge in [-0.25, -0.2) is 12.7 Å². The van der Waals surface area contributed by atoms with Crippen molar-refractivity contribution in [3.63, 3.8) is 0 Å². The molecule has 5 nitrogen and oxygen atoms in total. The molecule has 2 fully saturated rings. The first-order chi connectivity index (χ1) is 10.5. The molecule has 1 N–H and O–H groups in total. The van der Waals surface area contributed by atoms with E-state index in [1.165, 1.54) is 30.0 Å². The Labute approximate surface area is 138 Å². The summed E-state index contributed by atoms with van der Waals surface area (Å²) < 4.78 is 25.3. The van der Waals surface area contributed by atoms with E-state index in [9.17, 15) is 13.2 Å². The van der Waals surface area contributed by atoms with Gasteiger partial charge in [0.2, 0.25) is 15.9 Å². The molecule has 1 heterocycles. The van der Waals surface area contributed by atoms with Crippen molar-refractivity contribution >= 4 is 27.7 Å². The van der Waals surface area contributed by atoms with Crippen LogP contribution in [0.2, 0.25) is 0 Å². The van der Waals surface area contributed by atoms with Gasteiger partial charge < -0.3 is 5.32 Å². The van der Waals surface area contributed by atoms with Crippen molar-refractivity contribution in [2.45, 2.75) is 50.7 Å². The molecule has 0 aromatic carbocycles. The quantitative estimate of drug-likeness (QED) is 0.713. The van der Waals surface area contributed by atoms with Gasteiger partial charge in [0, 0.05) is 30.6 Å². The number of nitrogens with one attached hydrogen (secondary N) is 1. The van der Waals surface area contributed by atoms with E-state index in [0.717, 1.165) is 23.8 Å². The van der Waals surface area contributed by atoms with Crippen molar-refractivity contribution < 1.29 is 13.2 Å². The highest BCUT2D eigenvalue weighted by Crippen LogP contribution is 2.29. The van der Waals surface area contributed by atoms with Gasteiger partial charge >= 0.3 is 0 Å². The number of thioether (sulfide) groups is 1. The molecule has 0 aromatic rings. The van der Waals surface area contributed by atoms with Crippen LogP contribution in [-0.4, -0.2) is 55.0 Å². The number of amides is 1. The number of nitrogens with zero attached hydrogens (tertiary/aromatic N) is 1. The van der Waals surface area contributed by atoms with E-state index in [4.69, 9.17) is 0 Å². The number of hydrogen-bond acceptors (Lipinski definition) is 4. The van der Waals surface area contributed by atoms with Gasteiger partial charge in [0.1, 0.15) is 0 Å². The summed E-state index contributed by atoms with van der Waals surface area (Å²) in [6.07, 6.45) is 6.86. The SMILES string of the molecule is CCS(=O)(=O)N1CCC[C@@H](C(=O)NCCSC2CCCC2)C1. The van der Waals surface area contributed by atoms with Gasteiger partial charge in [-0.2, -0.15) is 11.8 Å². The van der Waals surface area contributed by atoms with Crippen LogP contribution in [0, 0.1) is 5.92 Å². The van der Waals surface area contributed by atoms with Gasteiger partial charge in [-0.3, -0.25) is 4.79 Å². The topological polar surface area (TPSA) is 66.5 Å². The minimum Gasteiger partial charge on any atom is -0.355 e. The molecular formula is C15H28N2O3S2. The van der Waals surface area contributed by atoms with Crippen LogP contribution in [0.1, 0.15) is 45.4 Å². The van der Waals surface area contributed by atoms with Gasteiger partial charge in [-0.15, -0.1) is 0 Å². The smallest absolute Gasteiger partial charge is 0.224 e. The molecule has 128 valence electrons. The first-order valence-electron chi connectivity index (χ1n) is 8.40. The highest BCUT2D eigenvalue weighted by Gasteiger charge is 2.31. The summed E-state index contributed by atoms with van der Waals surface area (Å²) in [5.41, 5.74) is 0. The molecule has 1 saturated heterocycles. The molecule has 1 saturated carbocycles. The molecular weight excluding hydrogens is 320 g/mol. The van der Waals surface area contributed by atoms with Crippen LogP contribution in [0.5, 0.6) is 0 Å². The largest absolute Gasteiger partial charge is 0.355 e. The summed E-state index contributed by atoms with van der Waals surface area (Å²) in [4.78, 5) is 12.2. The lowest BCUT2D eigenvalue weighted by molar-refractivity contribution is -0.125. The summed E-state index contributed by atoms with van der Waals surface area (Å²) >= 11 is 1.96. The van der Waals surface area contributed by atoms with Crippen molar-refractivity contribution in [3.8, 4) is 0 Å². The molecule has 0 spiro atoms. The van der Waals surface area contributed by atoms with Crippen LogP contribution in [0.25, 0.3) is 0 Å². The third-order valence-electron chi connectivity index (χ3n) is 4.57. The average molecular weight is 349 g/mol. The standard InChI is InChI=1S/C15H28N2O3S2/c1-2-22(19,20)17-10-5-6-13(12-17)15(18)16-9-11-21-14-7-3-4-8-14/h13-14H,2-12H2,1H3,(H,16,18)/t13-/m1/s1. The van der Waals surface area contributed by atoms with Crippen molar-refractivity contribution in [3.05, 3.63) is 0 Å². The highest BCUT2D eigenvalue weighted by atomic mass is 32.2. The molecule has 0 bridgehead atoms. The number of hydrogen-bond donors (Lipinski definition) is 1. The Kier molecular flexibility index (Phi) is 7.02. The van der Waals surface area contributed by atoms with Crippen LogP contribution in [0.3, 0.4) is 0 Å². The maximum Gasteiger partial charge on any atom is 0.224 e. The molecule has 0 radical (unpaired) electrons. The summed E-state index contributed by atoms with van der Waals surface area (Å²) in [7, 11) is -3.17. The van der Waals surface area contributed by atoms with E-state index in [1.807, 2.05) is 11.8 Å². The Hall–Kier alpha value is -0.270. The van der Waals surface area contributed by atoms with Gasteiger partial charge in [-0.1, -0.05) is 12.8 Å². The lowest BCUT2D eigenvalue weighted by atomic mass is 9.99. The predicted octanol–water partition coefficient (Wildman–Crippen LogP) is 1.84. The van der Waals surface area contributed by atoms with E-state index >= 15 is 0 Å². The molecule has 0 aromatic heterocycles. The van der Waals surface area contributed by atoms with Crippen molar-refractivity contribution in [1.82, 2.24) is 9.62 Å². The number of carbonyl (C=O) groups is 1. The lowest BCUT2D eigenvalue weighted by Gasteiger charge is -2.30. The Bertz CT molecular complexity index is 461. The second-order valence-electron chi connectivity index (χ2n) is 6.17. The fraction of sp³-hybridized carbons (Fsp3) is 0.933. The summed E-state index contributed by atoms with van der Waals surface area (Å²) in [5.74, 6) is 0.897. The summed E-state index contributed by atoms with van der Waals surface area (Å²) in [5, 5.41) is 3.76. The normalized spacial score (nSPS) is 24.5. The zero-order valence-electron chi connectivity index (χ0n) is 13.4. The maximum absolute atomic E-state index is 12.2. The Morgan fingerprint density at radius 2 is 1.95 bits per heavy atom. The predicted molar refractivity (Wildman–Crippen MR) is 91.5 cm³/mol. The van der Waals surface area contributed by atoms with E-state index in [-0.39, 0.29) is 17.6 Å². The highest BCUT2D eigenvalue weighted by molar-refractivity contribution is 7.99. The van der Waals surface area contributed by atoms with Crippen LogP contribution in [-0.2, 0) is 14.8 Å². The van der Waals surface area contributed by atoms with Crippen molar-refractivity contribution in [1.29, 1.82) is 0 Å². The summed E-state index contributed by atoms with van der Waals surface area (Å²) in [6.45, 7) is 3.24. The van der Waals surface area contributed by atoms with E-state index < -0.39 is 10.0 Å². The van der Waals surface area contributed by atoms with Crippen LogP contribution in [0.4, 0.5) is 0 Å². The van der Waals surface area contributed by atoms with E-state index in [2.05, 4.69) is 5.32 Å². The Morgan fingerprint density at radius 3 is 2.64 bits per heavy atom. The van der Waals surface area contributed by atoms with Gasteiger partial charge in [0.05, 0.1) is 11.7 Å². The molecule has 1 aliphatic heterocycles. The maximum atomic E-state index is 12.2. The van der Waals surface area contributed by atoms with E-state index in [0.29, 0.717) is 19.6 Å². The fourth-order valence-corrected chi connectivity index (χ4v) is 5.59. The minimum absolute atomic E-state index is 0.0167. The molecule has 2 rings (SSSR count). The average Bonchev–Trinajstić information content (AvgIpc) is 3.05. The van der Waals surface area contributed by atoms with E-state index in [1.54, 1.807) is 6.92 Å². The van der Waals surface area contributed by atoms with Gasteiger partial charge in [0.15, 0.2) is 0 Å². The number of carbonyl (C=O) groups excluding carboxylic acids is 1. The third kappa shape index (κ3) is 5.13. The van der Waals surface area contributed by atoms with Crippen LogP contribution in [0.15, 0.2) is 0 Å². The third-order valence-corrected chi connectivity index (χ3v) is 7.80. The fourth-order valence-electron chi connectivity index (χ4n) is 3.19. The lowest BCUT2D eigenvalue weighted by Crippen LogP contribution is -2.46. The monoisotopic (exact) mass is 348 g/mol. The number of rotatable bonds is 7. The van der Waals surface area contributed by atoms with Crippen LogP contribution >= 0.6 is 11.8 Å². The number of sulfonamides is 1. The van der Waals surface area contributed by atoms with Gasteiger partial charge in [0.25, 0.3) is 0 Å². The minimum atomic E-state index is -3.17. The molecule has 1 amide bonds. The second kappa shape index (κ2) is 8.55. The van der Waals surface area contributed by atoms with Gasteiger partial charge in [-0.05, 0) is 32.6 Å². The zero-order valence-corrected chi connectivity index (χ0v) is 15.1. The van der Waals surface area contributed by atoms with Crippen molar-refractivity contribution in [2.24, 2.45) is 5.92 Å². The Morgan fingerprint density at radius 1 is 1.23 bits per heavy atom. The zero-order chi connectivity index (χ0) is 16.0. The molecule has 0 unspecified atom stereocenters. The Balaban J connectivity index is 1.70. The molecule has 1 atom stereocenters. The molecule has 1 aliphatic carbocycles. The molecule has 22 heavy (non-hydrogen) atoms. The van der Waals surface area contributed by atoms with Crippen molar-refractivity contribution in [2.75, 3.05) is 31.1 Å². The number of piperidine rings is 1. The summed E-state index contributed by atoms with van der Waals surface area (Å²) in [6, 6.07) is 0. The molecule has 2 aliphatic rings. The second-order valence-corrected chi connectivity index (χ2v) is 9.83. The molecule has 7 heteroatoms. The first-order valence-corrected chi connectivity index (χ1v) is 11.1.